The summed E-state index contributed by atoms with van der Waals surface area (Å²) in [6.07, 6.45) is 2.59. The van der Waals surface area contributed by atoms with E-state index in [9.17, 15) is 18.0 Å². The third-order valence-electron chi connectivity index (χ3n) is 3.46. The Morgan fingerprint density at radius 3 is 2.18 bits per heavy atom. The highest BCUT2D eigenvalue weighted by molar-refractivity contribution is 7.89. The molecule has 0 bridgehead atoms. The molecule has 0 fully saturated rings. The summed E-state index contributed by atoms with van der Waals surface area (Å²) in [6.45, 7) is 1.49. The van der Waals surface area contributed by atoms with E-state index >= 15 is 0 Å². The molecule has 3 rings (SSSR count). The summed E-state index contributed by atoms with van der Waals surface area (Å²) in [4.78, 5) is 29.1. The predicted molar refractivity (Wildman–Crippen MR) is 78.0 cm³/mol. The number of imidazole rings is 1. The molecule has 2 heterocycles. The minimum absolute atomic E-state index is 0.189. The van der Waals surface area contributed by atoms with Crippen LogP contribution < -0.4 is 0 Å². The quantitative estimate of drug-likeness (QED) is 0.773. The molecule has 2 aromatic rings. The van der Waals surface area contributed by atoms with Crippen molar-refractivity contribution in [3.63, 3.8) is 0 Å². The fraction of sp³-hybridized carbons (Fsp3) is 0.214. The second-order valence-corrected chi connectivity index (χ2v) is 6.96. The Morgan fingerprint density at radius 1 is 1.09 bits per heavy atom. The monoisotopic (exact) mass is 319 g/mol. The number of hydrogen-bond donors (Lipinski definition) is 0. The van der Waals surface area contributed by atoms with E-state index in [0.29, 0.717) is 16.8 Å². The predicted octanol–water partition coefficient (Wildman–Crippen LogP) is 0.666. The molecular weight excluding hydrogens is 306 g/mol. The summed E-state index contributed by atoms with van der Waals surface area (Å²) in [5, 5.41) is 0. The lowest BCUT2D eigenvalue weighted by Crippen LogP contribution is -2.35. The first kappa shape index (κ1) is 14.5. The van der Waals surface area contributed by atoms with Gasteiger partial charge in [0.1, 0.15) is 6.33 Å². The number of aromatic nitrogens is 2. The molecule has 2 amide bonds. The number of rotatable bonds is 4. The highest BCUT2D eigenvalue weighted by atomic mass is 32.2. The molecule has 1 aliphatic heterocycles. The van der Waals surface area contributed by atoms with E-state index < -0.39 is 21.8 Å². The maximum absolute atomic E-state index is 12.2. The van der Waals surface area contributed by atoms with E-state index in [1.807, 2.05) is 0 Å². The zero-order valence-electron chi connectivity index (χ0n) is 11.8. The first-order valence-corrected chi connectivity index (χ1v) is 8.20. The van der Waals surface area contributed by atoms with Crippen LogP contribution in [0.3, 0.4) is 0 Å². The van der Waals surface area contributed by atoms with Crippen molar-refractivity contribution in [3.05, 3.63) is 53.6 Å². The van der Waals surface area contributed by atoms with Gasteiger partial charge in [0, 0.05) is 12.7 Å². The van der Waals surface area contributed by atoms with Gasteiger partial charge in [-0.2, -0.15) is 0 Å². The van der Waals surface area contributed by atoms with Crippen molar-refractivity contribution in [2.75, 3.05) is 12.3 Å². The lowest BCUT2D eigenvalue weighted by Gasteiger charge is -2.13. The molecule has 8 heteroatoms. The van der Waals surface area contributed by atoms with Crippen LogP contribution in [0.25, 0.3) is 0 Å². The van der Waals surface area contributed by atoms with Gasteiger partial charge < -0.3 is 0 Å². The number of carbonyl (C=O) groups is 2. The van der Waals surface area contributed by atoms with Crippen molar-refractivity contribution in [2.45, 2.75) is 6.92 Å². The van der Waals surface area contributed by atoms with Crippen LogP contribution in [-0.2, 0) is 10.0 Å². The highest BCUT2D eigenvalue weighted by Gasteiger charge is 2.35. The first-order valence-electron chi connectivity index (χ1n) is 6.59. The zero-order chi connectivity index (χ0) is 15.9. The Morgan fingerprint density at radius 2 is 1.68 bits per heavy atom. The first-order chi connectivity index (χ1) is 10.4. The second kappa shape index (κ2) is 5.06. The Labute approximate surface area is 127 Å². The Balaban J connectivity index is 1.78. The number of aryl methyl sites for hydroxylation is 1. The van der Waals surface area contributed by atoms with Crippen molar-refractivity contribution in [3.8, 4) is 0 Å². The molecule has 1 aromatic heterocycles. The van der Waals surface area contributed by atoms with E-state index in [1.165, 1.54) is 12.5 Å². The maximum Gasteiger partial charge on any atom is 0.261 e. The van der Waals surface area contributed by atoms with Crippen molar-refractivity contribution < 1.29 is 18.0 Å². The molecule has 0 saturated heterocycles. The van der Waals surface area contributed by atoms with Gasteiger partial charge >= 0.3 is 0 Å². The highest BCUT2D eigenvalue weighted by Crippen LogP contribution is 2.22. The van der Waals surface area contributed by atoms with E-state index in [4.69, 9.17) is 0 Å². The number of benzene rings is 1. The molecule has 1 aliphatic rings. The van der Waals surface area contributed by atoms with Gasteiger partial charge in [-0.25, -0.2) is 17.4 Å². The van der Waals surface area contributed by atoms with Crippen LogP contribution in [0.1, 0.15) is 26.4 Å². The zero-order valence-corrected chi connectivity index (χ0v) is 12.6. The van der Waals surface area contributed by atoms with Gasteiger partial charge in [0.2, 0.25) is 10.0 Å². The lowest BCUT2D eigenvalue weighted by atomic mass is 10.1. The van der Waals surface area contributed by atoms with Crippen molar-refractivity contribution >= 4 is 21.8 Å². The molecule has 0 unspecified atom stereocenters. The van der Waals surface area contributed by atoms with Crippen LogP contribution in [0.4, 0.5) is 0 Å². The van der Waals surface area contributed by atoms with Crippen molar-refractivity contribution in [1.82, 2.24) is 13.9 Å². The number of hydrogen-bond acceptors (Lipinski definition) is 5. The van der Waals surface area contributed by atoms with E-state index in [-0.39, 0.29) is 12.3 Å². The van der Waals surface area contributed by atoms with Gasteiger partial charge in [-0.05, 0) is 19.1 Å². The summed E-state index contributed by atoms with van der Waals surface area (Å²) in [6, 6.07) is 6.45. The van der Waals surface area contributed by atoms with Gasteiger partial charge in [0.15, 0.2) is 0 Å². The Hall–Kier alpha value is -2.48. The van der Waals surface area contributed by atoms with Crippen molar-refractivity contribution in [1.29, 1.82) is 0 Å². The molecule has 0 radical (unpaired) electrons. The van der Waals surface area contributed by atoms with Crippen LogP contribution in [-0.4, -0.2) is 46.4 Å². The van der Waals surface area contributed by atoms with Crippen LogP contribution in [0.5, 0.6) is 0 Å². The number of carbonyl (C=O) groups excluding carboxylic acids is 2. The Bertz CT molecular complexity index is 835. The fourth-order valence-corrected chi connectivity index (χ4v) is 3.43. The largest absolute Gasteiger partial charge is 0.273 e. The van der Waals surface area contributed by atoms with Crippen LogP contribution in [0, 0.1) is 6.92 Å². The van der Waals surface area contributed by atoms with Crippen LogP contribution in [0.2, 0.25) is 0 Å². The minimum atomic E-state index is -3.65. The summed E-state index contributed by atoms with van der Waals surface area (Å²) in [5.41, 5.74) is 1.19. The average molecular weight is 319 g/mol. The molecule has 22 heavy (non-hydrogen) atoms. The fourth-order valence-electron chi connectivity index (χ4n) is 2.31. The van der Waals surface area contributed by atoms with Gasteiger partial charge in [-0.3, -0.25) is 14.5 Å². The molecular formula is C14H13N3O4S. The number of amides is 2. The number of nitrogens with zero attached hydrogens (tertiary/aromatic N) is 3. The lowest BCUT2D eigenvalue weighted by molar-refractivity contribution is 0.0664. The van der Waals surface area contributed by atoms with Gasteiger partial charge in [-0.1, -0.05) is 12.1 Å². The third kappa shape index (κ3) is 2.31. The normalized spacial score (nSPS) is 14.5. The minimum Gasteiger partial charge on any atom is -0.273 e. The number of fused-ring (bicyclic) bond motifs is 1. The van der Waals surface area contributed by atoms with Crippen LogP contribution in [0.15, 0.2) is 36.8 Å². The standard InChI is InChI=1S/C14H13N3O4S/c1-10-8-16(9-15-10)22(20,21)7-6-17-13(18)11-4-2-3-5-12(11)14(17)19/h2-5,8-9H,6-7H2,1H3. The molecule has 0 aliphatic carbocycles. The smallest absolute Gasteiger partial charge is 0.261 e. The second-order valence-electron chi connectivity index (χ2n) is 4.97. The molecule has 0 saturated carbocycles. The maximum atomic E-state index is 12.2. The van der Waals surface area contributed by atoms with Gasteiger partial charge in [0.05, 0.1) is 22.6 Å². The summed E-state index contributed by atoms with van der Waals surface area (Å²) >= 11 is 0. The molecule has 7 nitrogen and oxygen atoms in total. The summed E-state index contributed by atoms with van der Waals surface area (Å²) < 4.78 is 25.3. The third-order valence-corrected chi connectivity index (χ3v) is 5.00. The van der Waals surface area contributed by atoms with Gasteiger partial charge in [-0.15, -0.1) is 0 Å². The van der Waals surface area contributed by atoms with Gasteiger partial charge in [0.25, 0.3) is 11.8 Å². The molecule has 0 atom stereocenters. The summed E-state index contributed by atoms with van der Waals surface area (Å²) in [5.74, 6) is -1.27. The number of imide groups is 1. The molecule has 1 aromatic carbocycles. The van der Waals surface area contributed by atoms with E-state index in [1.54, 1.807) is 31.2 Å². The topological polar surface area (TPSA) is 89.3 Å². The molecule has 114 valence electrons. The van der Waals surface area contributed by atoms with E-state index in [2.05, 4.69) is 4.98 Å². The van der Waals surface area contributed by atoms with E-state index in [0.717, 1.165) is 8.87 Å². The van der Waals surface area contributed by atoms with Crippen LogP contribution >= 0.6 is 0 Å². The summed E-state index contributed by atoms with van der Waals surface area (Å²) in [7, 11) is -3.65. The van der Waals surface area contributed by atoms with Crippen molar-refractivity contribution in [2.24, 2.45) is 0 Å². The average Bonchev–Trinajstić information content (AvgIpc) is 3.02. The molecule has 0 spiro atoms. The Kier molecular flexibility index (Phi) is 3.32. The molecule has 0 N–H and O–H groups in total. The SMILES string of the molecule is Cc1cn(S(=O)(=O)CCN2C(=O)c3ccccc3C2=O)cn1.